The second-order valence-electron chi connectivity index (χ2n) is 7.81. The summed E-state index contributed by atoms with van der Waals surface area (Å²) in [6.07, 6.45) is 12.1. The maximum absolute atomic E-state index is 13.8. The fourth-order valence-corrected chi connectivity index (χ4v) is 4.46. The molecule has 2 N–H and O–H groups in total. The Morgan fingerprint density at radius 1 is 1.15 bits per heavy atom. The first-order valence-electron chi connectivity index (χ1n) is 10.6. The molecule has 0 unspecified atom stereocenters. The molecule has 1 aromatic rings. The molecule has 150 valence electrons. The van der Waals surface area contributed by atoms with Gasteiger partial charge in [-0.15, -0.1) is 0 Å². The number of pyridine rings is 1. The highest BCUT2D eigenvalue weighted by Gasteiger charge is 2.38. The number of likely N-dealkylation sites (tertiary alicyclic amines) is 1. The molecule has 0 amide bonds. The van der Waals surface area contributed by atoms with Crippen molar-refractivity contribution < 1.29 is 4.39 Å². The lowest BCUT2D eigenvalue weighted by atomic mass is 9.79. The average molecular weight is 376 g/mol. The third-order valence-electron chi connectivity index (χ3n) is 5.96. The minimum atomic E-state index is -0.297. The Morgan fingerprint density at radius 2 is 1.89 bits per heavy atom. The number of piperidine rings is 1. The molecule has 0 bridgehead atoms. The summed E-state index contributed by atoms with van der Waals surface area (Å²) < 4.78 is 13.8. The van der Waals surface area contributed by atoms with E-state index in [1.165, 1.54) is 70.5 Å². The topological polar surface area (TPSA) is 52.6 Å². The number of halogens is 1. The molecule has 27 heavy (non-hydrogen) atoms. The number of rotatable bonds is 6. The van der Waals surface area contributed by atoms with Crippen LogP contribution in [0.4, 0.5) is 4.39 Å². The lowest BCUT2D eigenvalue weighted by molar-refractivity contribution is 0.0368. The van der Waals surface area contributed by atoms with Crippen molar-refractivity contribution in [1.82, 2.24) is 20.5 Å². The maximum Gasteiger partial charge on any atom is 0.191 e. The van der Waals surface area contributed by atoms with Gasteiger partial charge in [0.15, 0.2) is 5.96 Å². The summed E-state index contributed by atoms with van der Waals surface area (Å²) in [6, 6.07) is 3.04. The van der Waals surface area contributed by atoms with Crippen LogP contribution in [0.2, 0.25) is 0 Å². The molecule has 1 aliphatic carbocycles. The van der Waals surface area contributed by atoms with Crippen LogP contribution in [0.3, 0.4) is 0 Å². The van der Waals surface area contributed by atoms with Gasteiger partial charge in [0.1, 0.15) is 5.82 Å². The predicted octanol–water partition coefficient (Wildman–Crippen LogP) is 3.46. The number of nitrogens with zero attached hydrogens (tertiary/aromatic N) is 3. The van der Waals surface area contributed by atoms with Crippen LogP contribution in [0.15, 0.2) is 23.3 Å². The lowest BCUT2D eigenvalue weighted by Gasteiger charge is -2.48. The molecule has 2 heterocycles. The van der Waals surface area contributed by atoms with E-state index in [0.717, 1.165) is 19.0 Å². The number of hydrogen-bond acceptors (Lipinski definition) is 3. The van der Waals surface area contributed by atoms with Gasteiger partial charge < -0.3 is 10.6 Å². The van der Waals surface area contributed by atoms with E-state index in [2.05, 4.69) is 32.4 Å². The molecule has 3 rings (SSSR count). The first-order chi connectivity index (χ1) is 13.2. The number of guanidine groups is 1. The van der Waals surface area contributed by atoms with Crippen LogP contribution in [-0.2, 0) is 6.54 Å². The van der Waals surface area contributed by atoms with Gasteiger partial charge >= 0.3 is 0 Å². The molecule has 0 spiro atoms. The first kappa shape index (κ1) is 20.1. The monoisotopic (exact) mass is 375 g/mol. The fraction of sp³-hybridized carbons (Fsp3) is 0.714. The standard InChI is InChI=1S/C21H34FN5/c1-2-23-20(25-16-19-18(22)10-9-13-24-19)26-17-21(11-5-3-6-12-21)27-14-7-4-8-15-27/h9-10,13H,2-8,11-12,14-17H2,1H3,(H2,23,25,26). The van der Waals surface area contributed by atoms with Crippen molar-refractivity contribution in [3.8, 4) is 0 Å². The van der Waals surface area contributed by atoms with Crippen molar-refractivity contribution in [2.24, 2.45) is 4.99 Å². The third-order valence-corrected chi connectivity index (χ3v) is 5.96. The summed E-state index contributed by atoms with van der Waals surface area (Å²) in [7, 11) is 0. The van der Waals surface area contributed by atoms with Crippen LogP contribution < -0.4 is 10.6 Å². The van der Waals surface area contributed by atoms with E-state index in [0.29, 0.717) is 5.69 Å². The molecule has 2 aliphatic rings. The van der Waals surface area contributed by atoms with Gasteiger partial charge in [0.05, 0.1) is 12.2 Å². The van der Waals surface area contributed by atoms with Crippen LogP contribution >= 0.6 is 0 Å². The van der Waals surface area contributed by atoms with E-state index in [9.17, 15) is 4.39 Å². The van der Waals surface area contributed by atoms with Crippen LogP contribution in [-0.4, -0.2) is 47.6 Å². The van der Waals surface area contributed by atoms with Crippen molar-refractivity contribution in [2.45, 2.75) is 70.4 Å². The molecule has 1 aromatic heterocycles. The largest absolute Gasteiger partial charge is 0.357 e. The third kappa shape index (κ3) is 5.41. The van der Waals surface area contributed by atoms with E-state index in [1.54, 1.807) is 12.3 Å². The maximum atomic E-state index is 13.8. The van der Waals surface area contributed by atoms with Gasteiger partial charge in [-0.1, -0.05) is 25.7 Å². The predicted molar refractivity (Wildman–Crippen MR) is 108 cm³/mol. The van der Waals surface area contributed by atoms with E-state index in [4.69, 9.17) is 0 Å². The van der Waals surface area contributed by atoms with Gasteiger partial charge in [-0.3, -0.25) is 9.88 Å². The molecular weight excluding hydrogens is 341 g/mol. The van der Waals surface area contributed by atoms with Crippen molar-refractivity contribution >= 4 is 5.96 Å². The highest BCUT2D eigenvalue weighted by Crippen LogP contribution is 2.35. The molecule has 1 saturated carbocycles. The summed E-state index contributed by atoms with van der Waals surface area (Å²) in [4.78, 5) is 11.4. The number of aliphatic imine (C=N–C) groups is 1. The summed E-state index contributed by atoms with van der Waals surface area (Å²) in [5, 5.41) is 6.87. The molecular formula is C21H34FN5. The SMILES string of the molecule is CCNC(=NCc1ncccc1F)NCC1(N2CCCCC2)CCCCC1. The van der Waals surface area contributed by atoms with Crippen LogP contribution in [0, 0.1) is 5.82 Å². The second kappa shape index (κ2) is 10.0. The van der Waals surface area contributed by atoms with E-state index < -0.39 is 0 Å². The van der Waals surface area contributed by atoms with Gasteiger partial charge in [-0.2, -0.15) is 0 Å². The van der Waals surface area contributed by atoms with Crippen LogP contribution in [0.25, 0.3) is 0 Å². The summed E-state index contributed by atoms with van der Waals surface area (Å²) in [5.41, 5.74) is 0.628. The summed E-state index contributed by atoms with van der Waals surface area (Å²) >= 11 is 0. The van der Waals surface area contributed by atoms with Gasteiger partial charge in [0.2, 0.25) is 0 Å². The Hall–Kier alpha value is -1.69. The molecule has 0 radical (unpaired) electrons. The minimum Gasteiger partial charge on any atom is -0.357 e. The molecule has 2 fully saturated rings. The second-order valence-corrected chi connectivity index (χ2v) is 7.81. The Kier molecular flexibility index (Phi) is 7.44. The molecule has 5 nitrogen and oxygen atoms in total. The van der Waals surface area contributed by atoms with Crippen molar-refractivity contribution in [3.05, 3.63) is 29.8 Å². The highest BCUT2D eigenvalue weighted by atomic mass is 19.1. The summed E-state index contributed by atoms with van der Waals surface area (Å²) in [5.74, 6) is 0.457. The van der Waals surface area contributed by atoms with E-state index in [1.807, 2.05) is 0 Å². The van der Waals surface area contributed by atoms with Gasteiger partial charge in [-0.05, 0) is 57.8 Å². The van der Waals surface area contributed by atoms with E-state index >= 15 is 0 Å². The lowest BCUT2D eigenvalue weighted by Crippen LogP contribution is -2.59. The fourth-order valence-electron chi connectivity index (χ4n) is 4.46. The Labute approximate surface area is 162 Å². The first-order valence-corrected chi connectivity index (χ1v) is 10.6. The Morgan fingerprint density at radius 3 is 2.59 bits per heavy atom. The van der Waals surface area contributed by atoms with E-state index in [-0.39, 0.29) is 17.9 Å². The number of nitrogens with one attached hydrogen (secondary N) is 2. The van der Waals surface area contributed by atoms with Crippen molar-refractivity contribution in [3.63, 3.8) is 0 Å². The van der Waals surface area contributed by atoms with Crippen LogP contribution in [0.1, 0.15) is 64.0 Å². The molecule has 1 aliphatic heterocycles. The van der Waals surface area contributed by atoms with Gasteiger partial charge in [0.25, 0.3) is 0 Å². The zero-order valence-corrected chi connectivity index (χ0v) is 16.6. The highest BCUT2D eigenvalue weighted by molar-refractivity contribution is 5.79. The van der Waals surface area contributed by atoms with Gasteiger partial charge in [0, 0.05) is 24.8 Å². The normalized spacial score (nSPS) is 21.0. The smallest absolute Gasteiger partial charge is 0.191 e. The zero-order chi connectivity index (χ0) is 19.0. The summed E-state index contributed by atoms with van der Waals surface area (Å²) in [6.45, 7) is 6.43. The minimum absolute atomic E-state index is 0.241. The van der Waals surface area contributed by atoms with Crippen molar-refractivity contribution in [2.75, 3.05) is 26.2 Å². The Bertz CT molecular complexity index is 606. The number of aromatic nitrogens is 1. The molecule has 1 saturated heterocycles. The van der Waals surface area contributed by atoms with Crippen molar-refractivity contribution in [1.29, 1.82) is 0 Å². The molecule has 0 atom stereocenters. The number of hydrogen-bond donors (Lipinski definition) is 2. The molecule has 0 aromatic carbocycles. The quantitative estimate of drug-likeness (QED) is 0.591. The average Bonchev–Trinajstić information content (AvgIpc) is 2.72. The zero-order valence-electron chi connectivity index (χ0n) is 16.6. The van der Waals surface area contributed by atoms with Gasteiger partial charge in [-0.25, -0.2) is 9.38 Å². The van der Waals surface area contributed by atoms with Crippen LogP contribution in [0.5, 0.6) is 0 Å². The molecule has 6 heteroatoms. The Balaban J connectivity index is 1.66.